The first-order valence-electron chi connectivity index (χ1n) is 12.5. The van der Waals surface area contributed by atoms with E-state index >= 15 is 0 Å². The number of carbonyl (C=O) groups is 2. The van der Waals surface area contributed by atoms with E-state index < -0.39 is 27.4 Å². The van der Waals surface area contributed by atoms with E-state index in [0.29, 0.717) is 11.5 Å². The molecule has 0 saturated heterocycles. The summed E-state index contributed by atoms with van der Waals surface area (Å²) >= 11 is 0. The quantitative estimate of drug-likeness (QED) is 0.339. The van der Waals surface area contributed by atoms with Crippen LogP contribution in [0.3, 0.4) is 0 Å². The molecule has 0 atom stereocenters. The molecule has 2 heterocycles. The van der Waals surface area contributed by atoms with Crippen LogP contribution in [0.25, 0.3) is 0 Å². The van der Waals surface area contributed by atoms with Gasteiger partial charge in [-0.15, -0.1) is 0 Å². The minimum absolute atomic E-state index is 0.0238. The van der Waals surface area contributed by atoms with Crippen LogP contribution in [0.2, 0.25) is 0 Å². The normalized spacial score (nSPS) is 13.0. The van der Waals surface area contributed by atoms with Gasteiger partial charge in [0.1, 0.15) is 10.6 Å². The minimum atomic E-state index is -4.12. The Labute approximate surface area is 232 Å². The maximum Gasteiger partial charge on any atom is 0.356 e. The van der Waals surface area contributed by atoms with E-state index in [2.05, 4.69) is 15.1 Å². The lowest BCUT2D eigenvalue weighted by Crippen LogP contribution is -2.28. The molecule has 3 aromatic rings. The average molecular weight is 573 g/mol. The zero-order valence-electron chi connectivity index (χ0n) is 23.1. The van der Waals surface area contributed by atoms with E-state index in [1.807, 2.05) is 34.6 Å². The molecule has 0 aliphatic carbocycles. The number of rotatable bonds is 9. The van der Waals surface area contributed by atoms with E-state index in [0.717, 1.165) is 0 Å². The number of nitrogens with one attached hydrogen (secondary N) is 2. The van der Waals surface area contributed by atoms with Crippen LogP contribution in [-0.4, -0.2) is 48.5 Å². The van der Waals surface area contributed by atoms with Gasteiger partial charge in [0.25, 0.3) is 5.91 Å². The summed E-state index contributed by atoms with van der Waals surface area (Å²) in [5.74, 6) is -0.722. The molecule has 4 rings (SSSR count). The highest BCUT2D eigenvalue weighted by Crippen LogP contribution is 2.37. The fourth-order valence-corrected chi connectivity index (χ4v) is 5.20. The van der Waals surface area contributed by atoms with E-state index in [1.54, 1.807) is 19.1 Å². The Morgan fingerprint density at radius 1 is 1.12 bits per heavy atom. The SMILES string of the molecule is Cc1c(C(=O)O)nn(C(C)(C)C)c1Oc1ccc(NC(=O)c2ccc3c(c2)OCO3)cc1S(=O)(=O)NCC(C)C. The summed E-state index contributed by atoms with van der Waals surface area (Å²) in [6, 6.07) is 8.90. The Morgan fingerprint density at radius 3 is 2.48 bits per heavy atom. The number of benzene rings is 2. The van der Waals surface area contributed by atoms with Gasteiger partial charge in [-0.2, -0.15) is 5.10 Å². The third-order valence-corrected chi connectivity index (χ3v) is 7.37. The average Bonchev–Trinajstić information content (AvgIpc) is 3.47. The summed E-state index contributed by atoms with van der Waals surface area (Å²) in [5, 5.41) is 16.5. The maximum absolute atomic E-state index is 13.4. The van der Waals surface area contributed by atoms with Crippen molar-refractivity contribution in [3.63, 3.8) is 0 Å². The molecule has 12 nitrogen and oxygen atoms in total. The topological polar surface area (TPSA) is 158 Å². The molecule has 13 heteroatoms. The van der Waals surface area contributed by atoms with Gasteiger partial charge in [0.15, 0.2) is 17.2 Å². The highest BCUT2D eigenvalue weighted by Gasteiger charge is 2.30. The summed E-state index contributed by atoms with van der Waals surface area (Å²) in [6.07, 6.45) is 0. The van der Waals surface area contributed by atoms with Crippen LogP contribution in [-0.2, 0) is 15.6 Å². The predicted octanol–water partition coefficient (Wildman–Crippen LogP) is 4.35. The Morgan fingerprint density at radius 2 is 1.82 bits per heavy atom. The number of hydrogen-bond acceptors (Lipinski definition) is 8. The molecule has 0 unspecified atom stereocenters. The number of aromatic carboxylic acids is 1. The van der Waals surface area contributed by atoms with E-state index in [1.165, 1.54) is 28.9 Å². The van der Waals surface area contributed by atoms with Gasteiger partial charge in [-0.3, -0.25) is 4.79 Å². The predicted molar refractivity (Wildman–Crippen MR) is 146 cm³/mol. The van der Waals surface area contributed by atoms with Crippen LogP contribution in [0.15, 0.2) is 41.3 Å². The molecule has 1 amide bonds. The van der Waals surface area contributed by atoms with Crippen molar-refractivity contribution in [2.45, 2.75) is 52.0 Å². The molecule has 0 spiro atoms. The molecular weight excluding hydrogens is 540 g/mol. The first-order valence-corrected chi connectivity index (χ1v) is 14.0. The molecule has 40 heavy (non-hydrogen) atoms. The lowest BCUT2D eigenvalue weighted by atomic mass is 10.1. The van der Waals surface area contributed by atoms with Gasteiger partial charge in [-0.05, 0) is 70.0 Å². The number of carboxylic acid groups (broad SMARTS) is 1. The number of nitrogens with zero attached hydrogens (tertiary/aromatic N) is 2. The van der Waals surface area contributed by atoms with Crippen molar-refractivity contribution in [1.29, 1.82) is 0 Å². The number of sulfonamides is 1. The Kier molecular flexibility index (Phi) is 7.81. The van der Waals surface area contributed by atoms with Crippen LogP contribution in [0.4, 0.5) is 5.69 Å². The summed E-state index contributed by atoms with van der Waals surface area (Å²) in [6.45, 7) is 10.9. The van der Waals surface area contributed by atoms with Crippen LogP contribution < -0.4 is 24.2 Å². The van der Waals surface area contributed by atoms with Crippen LogP contribution >= 0.6 is 0 Å². The van der Waals surface area contributed by atoms with Crippen LogP contribution in [0, 0.1) is 12.8 Å². The maximum atomic E-state index is 13.4. The third kappa shape index (κ3) is 6.05. The molecular formula is C27H32N4O8S. The summed E-state index contributed by atoms with van der Waals surface area (Å²) in [5.41, 5.74) is -0.160. The Bertz CT molecular complexity index is 1570. The van der Waals surface area contributed by atoms with E-state index in [9.17, 15) is 23.1 Å². The van der Waals surface area contributed by atoms with Crippen molar-refractivity contribution < 1.29 is 37.3 Å². The summed E-state index contributed by atoms with van der Waals surface area (Å²) < 4.78 is 47.5. The second-order valence-corrected chi connectivity index (χ2v) is 12.4. The van der Waals surface area contributed by atoms with E-state index in [4.69, 9.17) is 14.2 Å². The number of aromatic nitrogens is 2. The number of hydrogen-bond donors (Lipinski definition) is 3. The fourth-order valence-electron chi connectivity index (χ4n) is 3.84. The van der Waals surface area contributed by atoms with Crippen molar-refractivity contribution >= 4 is 27.6 Å². The number of carboxylic acids is 1. The van der Waals surface area contributed by atoms with Crippen molar-refractivity contribution in [3.05, 3.63) is 53.2 Å². The minimum Gasteiger partial charge on any atom is -0.476 e. The molecule has 0 saturated carbocycles. The number of ether oxygens (including phenoxy) is 3. The molecule has 0 fully saturated rings. The van der Waals surface area contributed by atoms with Crippen molar-refractivity contribution in [3.8, 4) is 23.1 Å². The number of anilines is 1. The zero-order valence-corrected chi connectivity index (χ0v) is 23.9. The van der Waals surface area contributed by atoms with Crippen molar-refractivity contribution in [2.24, 2.45) is 5.92 Å². The summed E-state index contributed by atoms with van der Waals surface area (Å²) in [7, 11) is -4.12. The second-order valence-electron chi connectivity index (χ2n) is 10.7. The van der Waals surface area contributed by atoms with Gasteiger partial charge in [0, 0.05) is 23.4 Å². The highest BCUT2D eigenvalue weighted by atomic mass is 32.2. The lowest BCUT2D eigenvalue weighted by molar-refractivity contribution is 0.0687. The first-order chi connectivity index (χ1) is 18.7. The zero-order chi connectivity index (χ0) is 29.4. The Hall–Kier alpha value is -4.10. The smallest absolute Gasteiger partial charge is 0.356 e. The molecule has 214 valence electrons. The van der Waals surface area contributed by atoms with Gasteiger partial charge >= 0.3 is 5.97 Å². The lowest BCUT2D eigenvalue weighted by Gasteiger charge is -2.23. The number of fused-ring (bicyclic) bond motifs is 1. The molecule has 1 aromatic heterocycles. The fraction of sp³-hybridized carbons (Fsp3) is 0.370. The molecule has 1 aliphatic heterocycles. The van der Waals surface area contributed by atoms with E-state index in [-0.39, 0.29) is 58.3 Å². The van der Waals surface area contributed by atoms with Crippen molar-refractivity contribution in [1.82, 2.24) is 14.5 Å². The molecule has 0 bridgehead atoms. The van der Waals surface area contributed by atoms with Gasteiger partial charge in [0.2, 0.25) is 22.7 Å². The highest BCUT2D eigenvalue weighted by molar-refractivity contribution is 7.89. The largest absolute Gasteiger partial charge is 0.476 e. The summed E-state index contributed by atoms with van der Waals surface area (Å²) in [4.78, 5) is 24.5. The standard InChI is InChI=1S/C27H32N4O8S/c1-15(2)13-28-40(35,36)22-12-18(29-24(32)17-7-9-19-21(11-17)38-14-37-19)8-10-20(22)39-25-16(3)23(26(33)34)30-31(25)27(4,5)6/h7-12,15,28H,13-14H2,1-6H3,(H,29,32)(H,33,34). The molecule has 1 aliphatic rings. The third-order valence-electron chi connectivity index (χ3n) is 5.92. The van der Waals surface area contributed by atoms with Gasteiger partial charge in [0.05, 0.1) is 5.54 Å². The van der Waals surface area contributed by atoms with Gasteiger partial charge < -0.3 is 24.6 Å². The molecule has 0 radical (unpaired) electrons. The van der Waals surface area contributed by atoms with Crippen LogP contribution in [0.5, 0.6) is 23.1 Å². The number of amides is 1. The number of carbonyl (C=O) groups excluding carboxylic acids is 1. The molecule has 2 aromatic carbocycles. The first kappa shape index (κ1) is 28.9. The van der Waals surface area contributed by atoms with Crippen molar-refractivity contribution in [2.75, 3.05) is 18.7 Å². The van der Waals surface area contributed by atoms with Crippen LogP contribution in [0.1, 0.15) is 61.0 Å². The van der Waals surface area contributed by atoms with Gasteiger partial charge in [-0.1, -0.05) is 13.8 Å². The Balaban J connectivity index is 1.74. The monoisotopic (exact) mass is 572 g/mol. The second kappa shape index (κ2) is 10.8. The van der Waals surface area contributed by atoms with Gasteiger partial charge in [-0.25, -0.2) is 22.6 Å². The molecule has 3 N–H and O–H groups in total.